The number of aliphatic carboxylic acids is 1. The van der Waals surface area contributed by atoms with Crippen LogP contribution in [0.1, 0.15) is 85.0 Å². The summed E-state index contributed by atoms with van der Waals surface area (Å²) in [6, 6.07) is 8.20. The summed E-state index contributed by atoms with van der Waals surface area (Å²) in [5, 5.41) is 12.1. The summed E-state index contributed by atoms with van der Waals surface area (Å²) in [6.45, 7) is 8.37. The predicted octanol–water partition coefficient (Wildman–Crippen LogP) is 7.66. The molecule has 0 bridgehead atoms. The summed E-state index contributed by atoms with van der Waals surface area (Å²) in [5.74, 6) is 0.853. The first-order chi connectivity index (χ1) is 16.2. The van der Waals surface area contributed by atoms with Crippen LogP contribution in [0.25, 0.3) is 11.3 Å². The minimum Gasteiger partial charge on any atom is -0.493 e. The number of rotatable bonds is 13. The fourth-order valence-corrected chi connectivity index (χ4v) is 4.98. The van der Waals surface area contributed by atoms with Gasteiger partial charge in [-0.2, -0.15) is 0 Å². The molecule has 0 amide bonds. The molecule has 2 aromatic rings. The third-order valence-corrected chi connectivity index (χ3v) is 6.90. The zero-order valence-corrected chi connectivity index (χ0v) is 21.5. The van der Waals surface area contributed by atoms with Crippen LogP contribution in [0, 0.1) is 5.92 Å². The molecule has 184 valence electrons. The number of nitrogens with zero attached hydrogens (tertiary/aromatic N) is 2. The van der Waals surface area contributed by atoms with Gasteiger partial charge >= 0.3 is 5.97 Å². The quantitative estimate of drug-likeness (QED) is 0.302. The van der Waals surface area contributed by atoms with Crippen molar-refractivity contribution in [3.05, 3.63) is 29.6 Å². The summed E-state index contributed by atoms with van der Waals surface area (Å²) in [4.78, 5) is 18.0. The van der Waals surface area contributed by atoms with E-state index in [0.717, 1.165) is 41.7 Å². The van der Waals surface area contributed by atoms with Crippen molar-refractivity contribution in [1.82, 2.24) is 4.98 Å². The van der Waals surface area contributed by atoms with Gasteiger partial charge in [0.25, 0.3) is 0 Å². The lowest BCUT2D eigenvalue weighted by molar-refractivity contribution is -0.136. The Morgan fingerprint density at radius 1 is 1.09 bits per heavy atom. The van der Waals surface area contributed by atoms with Crippen LogP contribution < -0.4 is 9.64 Å². The molecule has 33 heavy (non-hydrogen) atoms. The highest BCUT2D eigenvalue weighted by atomic mass is 32.1. The SMILES string of the molecule is CC.CCCCCCN(CCC(=O)O)c1nc(-c2ccc(OCC3CCCCC3)cc2)cs1. The maximum atomic E-state index is 11.1. The number of carboxylic acid groups (broad SMARTS) is 1. The summed E-state index contributed by atoms with van der Waals surface area (Å²) in [5.41, 5.74) is 2.00. The molecule has 0 unspecified atom stereocenters. The van der Waals surface area contributed by atoms with Gasteiger partial charge in [-0.15, -0.1) is 11.3 Å². The lowest BCUT2D eigenvalue weighted by Gasteiger charge is -2.21. The second-order valence-electron chi connectivity index (χ2n) is 8.55. The molecule has 1 aliphatic rings. The molecule has 0 radical (unpaired) electrons. The van der Waals surface area contributed by atoms with Gasteiger partial charge in [-0.05, 0) is 49.4 Å². The number of thiazole rings is 1. The topological polar surface area (TPSA) is 62.7 Å². The highest BCUT2D eigenvalue weighted by Gasteiger charge is 2.15. The van der Waals surface area contributed by atoms with Gasteiger partial charge in [0.1, 0.15) is 5.75 Å². The molecule has 1 saturated carbocycles. The van der Waals surface area contributed by atoms with Crippen LogP contribution in [0.3, 0.4) is 0 Å². The molecule has 3 rings (SSSR count). The number of ether oxygens (including phenoxy) is 1. The predicted molar refractivity (Wildman–Crippen MR) is 140 cm³/mol. The van der Waals surface area contributed by atoms with Gasteiger partial charge in [0.15, 0.2) is 5.13 Å². The smallest absolute Gasteiger partial charge is 0.305 e. The molecule has 1 aliphatic carbocycles. The van der Waals surface area contributed by atoms with Crippen LogP contribution >= 0.6 is 11.3 Å². The molecule has 0 aliphatic heterocycles. The highest BCUT2D eigenvalue weighted by Crippen LogP contribution is 2.30. The second-order valence-corrected chi connectivity index (χ2v) is 9.38. The Kier molecular flexibility index (Phi) is 12.9. The third-order valence-electron chi connectivity index (χ3n) is 6.00. The van der Waals surface area contributed by atoms with Gasteiger partial charge in [0.05, 0.1) is 18.7 Å². The van der Waals surface area contributed by atoms with Crippen LogP contribution in [0.4, 0.5) is 5.13 Å². The normalized spacial score (nSPS) is 13.8. The molecular formula is C27H42N2O3S. The van der Waals surface area contributed by atoms with Crippen molar-refractivity contribution >= 4 is 22.4 Å². The van der Waals surface area contributed by atoms with Crippen molar-refractivity contribution in [3.63, 3.8) is 0 Å². The first-order valence-electron chi connectivity index (χ1n) is 12.8. The standard InChI is InChI=1S/C25H36N2O3S.C2H6/c1-2-3-4-8-16-27(17-15-24(28)29)25-26-23(19-31-25)21-11-13-22(14-12-21)30-18-20-9-6-5-7-10-20;1-2/h11-14,19-20H,2-10,15-18H2,1H3,(H,28,29);1-2H3. The molecule has 0 spiro atoms. The number of benzene rings is 1. The average Bonchev–Trinajstić information content (AvgIpc) is 3.34. The number of unbranched alkanes of at least 4 members (excludes halogenated alkanes) is 3. The van der Waals surface area contributed by atoms with E-state index in [1.807, 2.05) is 26.0 Å². The molecule has 1 aromatic carbocycles. The number of carbonyl (C=O) groups is 1. The minimum absolute atomic E-state index is 0.135. The maximum Gasteiger partial charge on any atom is 0.305 e. The Morgan fingerprint density at radius 2 is 1.82 bits per heavy atom. The fraction of sp³-hybridized carbons (Fsp3) is 0.630. The first kappa shape index (κ1) is 27.2. The van der Waals surface area contributed by atoms with E-state index >= 15 is 0 Å². The summed E-state index contributed by atoms with van der Waals surface area (Å²) in [7, 11) is 0. The van der Waals surface area contributed by atoms with E-state index in [-0.39, 0.29) is 6.42 Å². The van der Waals surface area contributed by atoms with E-state index < -0.39 is 5.97 Å². The molecule has 6 heteroatoms. The maximum absolute atomic E-state index is 11.1. The van der Waals surface area contributed by atoms with E-state index in [1.165, 1.54) is 51.4 Å². The molecule has 0 saturated heterocycles. The molecule has 1 N–H and O–H groups in total. The summed E-state index contributed by atoms with van der Waals surface area (Å²) < 4.78 is 6.02. The van der Waals surface area contributed by atoms with Crippen LogP contribution in [-0.2, 0) is 4.79 Å². The minimum atomic E-state index is -0.765. The zero-order valence-electron chi connectivity index (χ0n) is 20.7. The van der Waals surface area contributed by atoms with E-state index in [0.29, 0.717) is 12.5 Å². The van der Waals surface area contributed by atoms with Gasteiger partial charge in [-0.3, -0.25) is 4.79 Å². The van der Waals surface area contributed by atoms with Crippen LogP contribution in [0.15, 0.2) is 29.6 Å². The van der Waals surface area contributed by atoms with Gasteiger partial charge in [-0.1, -0.05) is 59.3 Å². The van der Waals surface area contributed by atoms with Crippen LogP contribution in [0.5, 0.6) is 5.75 Å². The monoisotopic (exact) mass is 474 g/mol. The Labute approximate surface area is 204 Å². The van der Waals surface area contributed by atoms with Crippen molar-refractivity contribution in [3.8, 4) is 17.0 Å². The number of hydrogen-bond donors (Lipinski definition) is 1. The Hall–Kier alpha value is -2.08. The van der Waals surface area contributed by atoms with Gasteiger partial charge in [0, 0.05) is 24.0 Å². The Balaban J connectivity index is 0.00000187. The number of hydrogen-bond acceptors (Lipinski definition) is 5. The number of carboxylic acids is 1. The molecule has 1 fully saturated rings. The van der Waals surface area contributed by atoms with Crippen molar-refractivity contribution in [1.29, 1.82) is 0 Å². The van der Waals surface area contributed by atoms with Gasteiger partial charge in [0.2, 0.25) is 0 Å². The second kappa shape index (κ2) is 15.7. The van der Waals surface area contributed by atoms with Crippen LogP contribution in [0.2, 0.25) is 0 Å². The van der Waals surface area contributed by atoms with Crippen molar-refractivity contribution in [2.24, 2.45) is 5.92 Å². The van der Waals surface area contributed by atoms with Crippen molar-refractivity contribution < 1.29 is 14.6 Å². The largest absolute Gasteiger partial charge is 0.493 e. The molecule has 0 atom stereocenters. The van der Waals surface area contributed by atoms with E-state index in [4.69, 9.17) is 14.8 Å². The molecule has 5 nitrogen and oxygen atoms in total. The molecular weight excluding hydrogens is 432 g/mol. The average molecular weight is 475 g/mol. The zero-order chi connectivity index (χ0) is 23.9. The Morgan fingerprint density at radius 3 is 2.48 bits per heavy atom. The van der Waals surface area contributed by atoms with E-state index in [9.17, 15) is 4.79 Å². The Bertz CT molecular complexity index is 785. The lowest BCUT2D eigenvalue weighted by atomic mass is 9.90. The fourth-order valence-electron chi connectivity index (χ4n) is 4.10. The third kappa shape index (κ3) is 9.75. The van der Waals surface area contributed by atoms with Crippen LogP contribution in [-0.4, -0.2) is 35.8 Å². The van der Waals surface area contributed by atoms with Crippen molar-refractivity contribution in [2.75, 3.05) is 24.6 Å². The van der Waals surface area contributed by atoms with Gasteiger partial charge < -0.3 is 14.7 Å². The summed E-state index contributed by atoms with van der Waals surface area (Å²) >= 11 is 1.59. The van der Waals surface area contributed by atoms with Crippen molar-refractivity contribution in [2.45, 2.75) is 85.0 Å². The van der Waals surface area contributed by atoms with Gasteiger partial charge in [-0.25, -0.2) is 4.98 Å². The van der Waals surface area contributed by atoms with E-state index in [2.05, 4.69) is 29.3 Å². The molecule has 1 aromatic heterocycles. The van der Waals surface area contributed by atoms with E-state index in [1.54, 1.807) is 11.3 Å². The first-order valence-corrected chi connectivity index (χ1v) is 13.7. The number of aromatic nitrogens is 1. The molecule has 1 heterocycles. The highest BCUT2D eigenvalue weighted by molar-refractivity contribution is 7.14. The number of anilines is 1. The summed E-state index contributed by atoms with van der Waals surface area (Å²) in [6.07, 6.45) is 11.4. The lowest BCUT2D eigenvalue weighted by Crippen LogP contribution is -2.27.